The summed E-state index contributed by atoms with van der Waals surface area (Å²) >= 11 is 2.67. The van der Waals surface area contributed by atoms with E-state index in [2.05, 4.69) is 10.3 Å². The van der Waals surface area contributed by atoms with Crippen molar-refractivity contribution in [1.82, 2.24) is 9.88 Å². The summed E-state index contributed by atoms with van der Waals surface area (Å²) < 4.78 is 25.0. The van der Waals surface area contributed by atoms with E-state index in [-0.39, 0.29) is 40.4 Å². The molecule has 3 fully saturated rings. The van der Waals surface area contributed by atoms with Gasteiger partial charge in [0.15, 0.2) is 18.1 Å². The number of aromatic nitrogens is 1. The van der Waals surface area contributed by atoms with Gasteiger partial charge in [0.05, 0.1) is 23.5 Å². The Morgan fingerprint density at radius 1 is 1.07 bits per heavy atom. The Labute approximate surface area is 270 Å². The first-order chi connectivity index (χ1) is 22.1. The summed E-state index contributed by atoms with van der Waals surface area (Å²) in [5, 5.41) is 12.9. The molecule has 3 heterocycles. The molecule has 4 aliphatic rings. The highest BCUT2D eigenvalue weighted by Gasteiger charge is 2.70. The van der Waals surface area contributed by atoms with Gasteiger partial charge in [0.2, 0.25) is 11.8 Å². The van der Waals surface area contributed by atoms with E-state index in [1.807, 2.05) is 19.1 Å². The predicted molar refractivity (Wildman–Crippen MR) is 166 cm³/mol. The number of fused-ring (bicyclic) bond motifs is 9. The van der Waals surface area contributed by atoms with Crippen LogP contribution in [0.25, 0.3) is 0 Å². The molecule has 2 bridgehead atoms. The maximum absolute atomic E-state index is 13.6. The second-order valence-corrected chi connectivity index (χ2v) is 14.2. The number of aromatic amines is 1. The third-order valence-corrected chi connectivity index (χ3v) is 12.2. The number of anilines is 1. The number of aliphatic carboxylic acids is 1. The van der Waals surface area contributed by atoms with Crippen LogP contribution < -0.4 is 19.7 Å². The van der Waals surface area contributed by atoms with Gasteiger partial charge in [-0.3, -0.25) is 24.1 Å². The molecule has 0 spiro atoms. The summed E-state index contributed by atoms with van der Waals surface area (Å²) in [7, 11) is 0. The number of likely N-dealkylation sites (tertiary alicyclic amines) is 1. The lowest BCUT2D eigenvalue weighted by molar-refractivity contribution is -0.154. The first-order valence-corrected chi connectivity index (χ1v) is 16.7. The van der Waals surface area contributed by atoms with Crippen molar-refractivity contribution < 1.29 is 38.1 Å². The number of thioether (sulfide) groups is 1. The van der Waals surface area contributed by atoms with Crippen molar-refractivity contribution in [3.63, 3.8) is 0 Å². The van der Waals surface area contributed by atoms with Gasteiger partial charge in [-0.2, -0.15) is 0 Å². The Morgan fingerprint density at radius 3 is 2.48 bits per heavy atom. The molecule has 7 rings (SSSR count). The van der Waals surface area contributed by atoms with Crippen molar-refractivity contribution >= 4 is 52.5 Å². The number of ether oxygens (including phenoxy) is 2. The average Bonchev–Trinajstić information content (AvgIpc) is 3.76. The number of nitrogens with zero attached hydrogens (tertiary/aromatic N) is 1. The molecule has 0 radical (unpaired) electrons. The Bertz CT molecular complexity index is 1810. The maximum Gasteiger partial charge on any atom is 0.326 e. The predicted octanol–water partition coefficient (Wildman–Crippen LogP) is 3.94. The van der Waals surface area contributed by atoms with Crippen LogP contribution in [-0.4, -0.2) is 63.2 Å². The van der Waals surface area contributed by atoms with Crippen molar-refractivity contribution in [2.24, 2.45) is 29.6 Å². The molecule has 3 N–H and O–H groups in total. The third kappa shape index (κ3) is 4.89. The number of imide groups is 1. The first kappa shape index (κ1) is 30.5. The van der Waals surface area contributed by atoms with Crippen LogP contribution in [0.15, 0.2) is 52.3 Å². The van der Waals surface area contributed by atoms with Gasteiger partial charge < -0.3 is 24.9 Å². The minimum absolute atomic E-state index is 0.0625. The Hall–Kier alpha value is -4.17. The fourth-order valence-corrected chi connectivity index (χ4v) is 10.8. The second kappa shape index (κ2) is 11.6. The fraction of sp³-hybridized carbons (Fsp3) is 0.406. The highest BCUT2D eigenvalue weighted by atomic mass is 32.2. The van der Waals surface area contributed by atoms with Crippen LogP contribution in [0.1, 0.15) is 36.6 Å². The van der Waals surface area contributed by atoms with Crippen LogP contribution >= 0.6 is 23.1 Å². The summed E-state index contributed by atoms with van der Waals surface area (Å²) in [4.78, 5) is 68.6. The third-order valence-electron chi connectivity index (χ3n) is 9.62. The number of nitrogens with one attached hydrogen (secondary N) is 2. The molecule has 2 aliphatic heterocycles. The first-order valence-electron chi connectivity index (χ1n) is 15.0. The number of hydrogen-bond donors (Lipinski definition) is 3. The number of carboxylic acids is 1. The quantitative estimate of drug-likeness (QED) is 0.288. The van der Waals surface area contributed by atoms with Gasteiger partial charge in [-0.25, -0.2) is 9.18 Å². The maximum atomic E-state index is 13.6. The Balaban J connectivity index is 1.19. The largest absolute Gasteiger partial charge is 0.490 e. The molecule has 1 aromatic heterocycles. The van der Waals surface area contributed by atoms with E-state index in [0.29, 0.717) is 30.2 Å². The zero-order valence-corrected chi connectivity index (χ0v) is 26.4. The molecule has 8 atom stereocenters. The van der Waals surface area contributed by atoms with E-state index in [1.54, 1.807) is 17.8 Å². The summed E-state index contributed by atoms with van der Waals surface area (Å²) in [5.74, 6) is -4.04. The molecule has 1 saturated heterocycles. The Kier molecular flexibility index (Phi) is 7.67. The number of carboxylic acid groups (broad SMARTS) is 1. The number of amides is 3. The summed E-state index contributed by atoms with van der Waals surface area (Å²) in [6.45, 7) is 3.18. The number of rotatable bonds is 9. The molecule has 11 nitrogen and oxygen atoms in total. The number of halogens is 1. The van der Waals surface area contributed by atoms with Gasteiger partial charge in [-0.15, -0.1) is 11.8 Å². The summed E-state index contributed by atoms with van der Waals surface area (Å²) in [6, 6.07) is 9.56. The van der Waals surface area contributed by atoms with Crippen molar-refractivity contribution in [3.05, 3.63) is 68.4 Å². The highest BCUT2D eigenvalue weighted by Crippen LogP contribution is 2.68. The van der Waals surface area contributed by atoms with Crippen molar-refractivity contribution in [2.45, 2.75) is 42.5 Å². The smallest absolute Gasteiger partial charge is 0.326 e. The SMILES string of the molecule is CCOc1cc([C@H]2c3sc(=O)[nH]c3SC3C4CC(C5C(=O)N(C(C)C(=O)O)C(=O)C45)C32)ccc1OCC(=O)Nc1ccc(F)cc1. The molecule has 3 aromatic rings. The van der Waals surface area contributed by atoms with Gasteiger partial charge in [0, 0.05) is 21.7 Å². The van der Waals surface area contributed by atoms with Gasteiger partial charge in [0.1, 0.15) is 11.9 Å². The normalized spacial score (nSPS) is 28.0. The zero-order valence-electron chi connectivity index (χ0n) is 24.7. The average molecular weight is 668 g/mol. The topological polar surface area (TPSA) is 155 Å². The molecule has 2 saturated carbocycles. The summed E-state index contributed by atoms with van der Waals surface area (Å²) in [5.41, 5.74) is 1.27. The van der Waals surface area contributed by atoms with Crippen LogP contribution in [0.4, 0.5) is 10.1 Å². The zero-order chi connectivity index (χ0) is 32.4. The van der Waals surface area contributed by atoms with Crippen LogP contribution in [-0.2, 0) is 19.2 Å². The molecule has 46 heavy (non-hydrogen) atoms. The molecule has 7 unspecified atom stereocenters. The minimum Gasteiger partial charge on any atom is -0.490 e. The number of carbonyl (C=O) groups is 4. The van der Waals surface area contributed by atoms with Crippen molar-refractivity contribution in [2.75, 3.05) is 18.5 Å². The lowest BCUT2D eigenvalue weighted by Gasteiger charge is -2.43. The van der Waals surface area contributed by atoms with Gasteiger partial charge >= 0.3 is 10.8 Å². The molecule has 240 valence electrons. The number of H-pyrrole nitrogens is 1. The van der Waals surface area contributed by atoms with Gasteiger partial charge in [0.25, 0.3) is 5.91 Å². The van der Waals surface area contributed by atoms with E-state index in [1.165, 1.54) is 31.2 Å². The highest BCUT2D eigenvalue weighted by molar-refractivity contribution is 8.00. The fourth-order valence-electron chi connectivity index (χ4n) is 7.88. The van der Waals surface area contributed by atoms with E-state index < -0.39 is 47.4 Å². The van der Waals surface area contributed by atoms with Crippen molar-refractivity contribution in [3.8, 4) is 11.5 Å². The Morgan fingerprint density at radius 2 is 1.78 bits per heavy atom. The van der Waals surface area contributed by atoms with Crippen LogP contribution in [0.2, 0.25) is 0 Å². The van der Waals surface area contributed by atoms with E-state index >= 15 is 0 Å². The molecular weight excluding hydrogens is 637 g/mol. The number of carbonyl (C=O) groups excluding carboxylic acids is 3. The minimum atomic E-state index is -1.24. The number of thiazole rings is 1. The van der Waals surface area contributed by atoms with Gasteiger partial charge in [-0.05, 0) is 80.0 Å². The lowest BCUT2D eigenvalue weighted by Crippen LogP contribution is -2.44. The summed E-state index contributed by atoms with van der Waals surface area (Å²) in [6.07, 6.45) is 0.669. The van der Waals surface area contributed by atoms with Gasteiger partial charge in [-0.1, -0.05) is 17.4 Å². The molecule has 3 amide bonds. The van der Waals surface area contributed by atoms with Crippen LogP contribution in [0.3, 0.4) is 0 Å². The number of hydrogen-bond acceptors (Lipinski definition) is 9. The monoisotopic (exact) mass is 667 g/mol. The standard InChI is InChI=1S/C32H30FN3O8S2/c1-3-43-20-10-14(4-9-19(20)44-12-21(37)34-16-7-5-15(33)6-8-16)22-23-17-11-18(26(23)45-28-27(22)46-32(42)35-28)25-24(17)29(38)36(30(25)39)13(2)31(40)41/h4-10,13,17-18,22-26H,3,11-12H2,1-2H3,(H,34,37)(H,35,42)(H,40,41)/t13?,17?,18?,22-,23?,24?,25?,26?/m1/s1. The van der Waals surface area contributed by atoms with E-state index in [4.69, 9.17) is 9.47 Å². The molecule has 2 aromatic carbocycles. The van der Waals surface area contributed by atoms with Crippen LogP contribution in [0.5, 0.6) is 11.5 Å². The van der Waals surface area contributed by atoms with Crippen LogP contribution in [0, 0.1) is 35.4 Å². The molecule has 2 aliphatic carbocycles. The lowest BCUT2D eigenvalue weighted by atomic mass is 9.68. The van der Waals surface area contributed by atoms with E-state index in [9.17, 15) is 33.5 Å². The number of benzene rings is 2. The molecule has 14 heteroatoms. The van der Waals surface area contributed by atoms with Crippen molar-refractivity contribution in [1.29, 1.82) is 0 Å². The second-order valence-electron chi connectivity index (χ2n) is 12.0. The molecular formula is C32H30FN3O8S2. The van der Waals surface area contributed by atoms with E-state index in [0.717, 1.165) is 31.7 Å².